The fourth-order valence-corrected chi connectivity index (χ4v) is 3.22. The largest absolute Gasteiger partial charge is 0.451 e. The van der Waals surface area contributed by atoms with Gasteiger partial charge in [0.2, 0.25) is 11.7 Å². The maximum atomic E-state index is 13.6. The number of benzene rings is 1. The highest BCUT2D eigenvalue weighted by molar-refractivity contribution is 5.92. The highest BCUT2D eigenvalue weighted by atomic mass is 19.4. The number of piperidine rings is 1. The van der Waals surface area contributed by atoms with Crippen molar-refractivity contribution in [2.24, 2.45) is 7.05 Å². The van der Waals surface area contributed by atoms with Crippen molar-refractivity contribution in [1.29, 1.82) is 0 Å². The zero-order valence-corrected chi connectivity index (χ0v) is 15.0. The van der Waals surface area contributed by atoms with Crippen molar-refractivity contribution in [3.8, 4) is 0 Å². The minimum Gasteiger partial charge on any atom is -0.322 e. The summed E-state index contributed by atoms with van der Waals surface area (Å²) in [6.07, 6.45) is -3.95. The third-order valence-electron chi connectivity index (χ3n) is 4.67. The maximum Gasteiger partial charge on any atom is 0.451 e. The number of alkyl halides is 3. The molecule has 3 rings (SSSR count). The Morgan fingerprint density at radius 1 is 1.25 bits per heavy atom. The van der Waals surface area contributed by atoms with Crippen LogP contribution in [0.5, 0.6) is 0 Å². The van der Waals surface area contributed by atoms with E-state index in [2.05, 4.69) is 10.4 Å². The predicted molar refractivity (Wildman–Crippen MR) is 92.2 cm³/mol. The second-order valence-electron chi connectivity index (χ2n) is 6.64. The van der Waals surface area contributed by atoms with Crippen LogP contribution in [0.25, 0.3) is 0 Å². The predicted octanol–water partition coefficient (Wildman–Crippen LogP) is 2.02. The Balaban J connectivity index is 1.59. The Hall–Kier alpha value is -2.69. The second kappa shape index (κ2) is 7.74. The SMILES string of the molecule is Cn1c(C(F)(F)F)nn(C2CCN(CC(=O)Nc3ccccc3F)CC2)c1=O. The number of aromatic nitrogens is 3. The molecular weight excluding hydrogens is 382 g/mol. The summed E-state index contributed by atoms with van der Waals surface area (Å²) in [6.45, 7) is 0.825. The van der Waals surface area contributed by atoms with Gasteiger partial charge in [0.15, 0.2) is 0 Å². The van der Waals surface area contributed by atoms with E-state index in [1.807, 2.05) is 0 Å². The van der Waals surface area contributed by atoms with Crippen LogP contribution in [0.4, 0.5) is 23.2 Å². The zero-order valence-electron chi connectivity index (χ0n) is 15.0. The van der Waals surface area contributed by atoms with Crippen molar-refractivity contribution in [3.63, 3.8) is 0 Å². The van der Waals surface area contributed by atoms with Crippen LogP contribution in [0, 0.1) is 5.82 Å². The van der Waals surface area contributed by atoms with Gasteiger partial charge < -0.3 is 5.32 Å². The number of hydrogen-bond donors (Lipinski definition) is 1. The van der Waals surface area contributed by atoms with Crippen LogP contribution in [-0.4, -0.2) is 44.8 Å². The normalized spacial score (nSPS) is 16.3. The van der Waals surface area contributed by atoms with Crippen molar-refractivity contribution in [2.45, 2.75) is 25.1 Å². The second-order valence-corrected chi connectivity index (χ2v) is 6.64. The highest BCUT2D eigenvalue weighted by Gasteiger charge is 2.39. The first-order valence-electron chi connectivity index (χ1n) is 8.66. The first-order valence-corrected chi connectivity index (χ1v) is 8.66. The molecule has 0 bridgehead atoms. The summed E-state index contributed by atoms with van der Waals surface area (Å²) in [4.78, 5) is 26.0. The van der Waals surface area contributed by atoms with Crippen LogP contribution in [-0.2, 0) is 18.0 Å². The molecule has 1 aromatic carbocycles. The fraction of sp³-hybridized carbons (Fsp3) is 0.471. The third kappa shape index (κ3) is 4.24. The van der Waals surface area contributed by atoms with E-state index in [0.29, 0.717) is 30.5 Å². The van der Waals surface area contributed by atoms with Gasteiger partial charge in [-0.3, -0.25) is 14.3 Å². The molecule has 1 fully saturated rings. The highest BCUT2D eigenvalue weighted by Crippen LogP contribution is 2.28. The average molecular weight is 401 g/mol. The molecule has 28 heavy (non-hydrogen) atoms. The van der Waals surface area contributed by atoms with E-state index in [0.717, 1.165) is 11.7 Å². The van der Waals surface area contributed by atoms with E-state index in [4.69, 9.17) is 0 Å². The summed E-state index contributed by atoms with van der Waals surface area (Å²) in [5.74, 6) is -2.16. The summed E-state index contributed by atoms with van der Waals surface area (Å²) in [6, 6.07) is 5.33. The molecule has 0 unspecified atom stereocenters. The first kappa shape index (κ1) is 20.1. The molecule has 2 heterocycles. The van der Waals surface area contributed by atoms with Gasteiger partial charge in [-0.1, -0.05) is 12.1 Å². The number of carbonyl (C=O) groups is 1. The summed E-state index contributed by atoms with van der Waals surface area (Å²) >= 11 is 0. The van der Waals surface area contributed by atoms with Crippen LogP contribution in [0.1, 0.15) is 24.7 Å². The minimum atomic E-state index is -4.70. The molecule has 0 atom stereocenters. The number of para-hydroxylation sites is 1. The number of nitrogens with zero attached hydrogens (tertiary/aromatic N) is 4. The molecule has 1 saturated heterocycles. The Morgan fingerprint density at radius 3 is 2.46 bits per heavy atom. The van der Waals surface area contributed by atoms with Gasteiger partial charge in [-0.15, -0.1) is 5.10 Å². The molecule has 1 amide bonds. The Bertz CT molecular complexity index is 913. The van der Waals surface area contributed by atoms with Crippen LogP contribution < -0.4 is 11.0 Å². The van der Waals surface area contributed by atoms with E-state index >= 15 is 0 Å². The lowest BCUT2D eigenvalue weighted by molar-refractivity contribution is -0.147. The summed E-state index contributed by atoms with van der Waals surface area (Å²) in [5, 5.41) is 5.94. The number of rotatable bonds is 4. The number of anilines is 1. The molecule has 1 aliphatic heterocycles. The molecular formula is C17H19F4N5O2. The molecule has 11 heteroatoms. The molecule has 152 valence electrons. The number of likely N-dealkylation sites (tertiary alicyclic amines) is 1. The third-order valence-corrected chi connectivity index (χ3v) is 4.67. The lowest BCUT2D eigenvalue weighted by atomic mass is 10.1. The number of nitrogens with one attached hydrogen (secondary N) is 1. The van der Waals surface area contributed by atoms with E-state index in [9.17, 15) is 27.2 Å². The van der Waals surface area contributed by atoms with E-state index in [1.165, 1.54) is 18.2 Å². The number of halogens is 4. The van der Waals surface area contributed by atoms with Crippen LogP contribution in [0.3, 0.4) is 0 Å². The minimum absolute atomic E-state index is 0.0198. The van der Waals surface area contributed by atoms with Gasteiger partial charge in [-0.05, 0) is 25.0 Å². The Labute approximate surface area is 157 Å². The van der Waals surface area contributed by atoms with Gasteiger partial charge >= 0.3 is 11.9 Å². The molecule has 1 aromatic heterocycles. The van der Waals surface area contributed by atoms with Crippen molar-refractivity contribution in [2.75, 3.05) is 25.0 Å². The molecule has 1 aliphatic rings. The Morgan fingerprint density at radius 2 is 1.89 bits per heavy atom. The van der Waals surface area contributed by atoms with Crippen molar-refractivity contribution < 1.29 is 22.4 Å². The summed E-state index contributed by atoms with van der Waals surface area (Å²) in [5.41, 5.74) is -0.731. The molecule has 0 aliphatic carbocycles. The lowest BCUT2D eigenvalue weighted by Gasteiger charge is -2.30. The quantitative estimate of drug-likeness (QED) is 0.796. The van der Waals surface area contributed by atoms with Gasteiger partial charge in [0.1, 0.15) is 5.82 Å². The van der Waals surface area contributed by atoms with Gasteiger partial charge in [0.05, 0.1) is 18.3 Å². The van der Waals surface area contributed by atoms with Crippen molar-refractivity contribution in [3.05, 3.63) is 46.4 Å². The standard InChI is InChI=1S/C17H19F4N5O2/c1-24-15(17(19,20)21)23-26(16(24)28)11-6-8-25(9-7-11)10-14(27)22-13-5-3-2-4-12(13)18/h2-5,11H,6-10H2,1H3,(H,22,27). The Kier molecular flexibility index (Phi) is 5.54. The van der Waals surface area contributed by atoms with Gasteiger partial charge in [0.25, 0.3) is 0 Å². The van der Waals surface area contributed by atoms with Gasteiger partial charge in [-0.2, -0.15) is 13.2 Å². The van der Waals surface area contributed by atoms with Crippen molar-refractivity contribution >= 4 is 11.6 Å². The zero-order chi connectivity index (χ0) is 20.5. The van der Waals surface area contributed by atoms with Crippen molar-refractivity contribution in [1.82, 2.24) is 19.2 Å². The van der Waals surface area contributed by atoms with Gasteiger partial charge in [0, 0.05) is 20.1 Å². The molecule has 0 radical (unpaired) electrons. The van der Waals surface area contributed by atoms with Crippen LogP contribution in [0.15, 0.2) is 29.1 Å². The number of amides is 1. The van der Waals surface area contributed by atoms with Crippen LogP contribution >= 0.6 is 0 Å². The molecule has 1 N–H and O–H groups in total. The topological polar surface area (TPSA) is 72.2 Å². The van der Waals surface area contributed by atoms with Gasteiger partial charge in [-0.25, -0.2) is 13.9 Å². The molecule has 0 spiro atoms. The number of carbonyl (C=O) groups excluding carboxylic acids is 1. The van der Waals surface area contributed by atoms with E-state index < -0.39 is 35.5 Å². The van der Waals surface area contributed by atoms with E-state index in [-0.39, 0.29) is 12.2 Å². The fourth-order valence-electron chi connectivity index (χ4n) is 3.22. The molecule has 2 aromatic rings. The number of hydrogen-bond acceptors (Lipinski definition) is 4. The maximum absolute atomic E-state index is 13.6. The smallest absolute Gasteiger partial charge is 0.322 e. The summed E-state index contributed by atoms with van der Waals surface area (Å²) < 4.78 is 53.7. The summed E-state index contributed by atoms with van der Waals surface area (Å²) in [7, 11) is 1.04. The average Bonchev–Trinajstić information content (AvgIpc) is 2.93. The first-order chi connectivity index (χ1) is 13.2. The lowest BCUT2D eigenvalue weighted by Crippen LogP contribution is -2.41. The van der Waals surface area contributed by atoms with Crippen LogP contribution in [0.2, 0.25) is 0 Å². The molecule has 7 nitrogen and oxygen atoms in total. The molecule has 0 saturated carbocycles. The monoisotopic (exact) mass is 401 g/mol. The van der Waals surface area contributed by atoms with E-state index in [1.54, 1.807) is 11.0 Å².